The normalized spacial score (nSPS) is 14.2. The fourth-order valence-corrected chi connectivity index (χ4v) is 3.30. The number of carbonyl (C=O) groups is 2. The molecule has 2 amide bonds. The fourth-order valence-electron chi connectivity index (χ4n) is 3.30. The van der Waals surface area contributed by atoms with E-state index in [1.54, 1.807) is 24.3 Å². The number of allylic oxidation sites excluding steroid dienone is 2. The number of aliphatic hydroxyl groups excluding tert-OH is 1. The maximum Gasteiger partial charge on any atom is 0.261 e. The first-order valence-electron chi connectivity index (χ1n) is 8.82. The van der Waals surface area contributed by atoms with Gasteiger partial charge in [-0.25, -0.2) is 4.98 Å². The molecule has 2 N–H and O–H groups in total. The van der Waals surface area contributed by atoms with E-state index in [9.17, 15) is 20.0 Å². The second-order valence-electron chi connectivity index (χ2n) is 6.45. The van der Waals surface area contributed by atoms with Crippen molar-refractivity contribution >= 4 is 28.4 Å². The van der Waals surface area contributed by atoms with Crippen LogP contribution in [0.4, 0.5) is 0 Å². The Morgan fingerprint density at radius 2 is 1.71 bits per heavy atom. The lowest BCUT2D eigenvalue weighted by molar-refractivity contribution is 0.0651. The number of aliphatic hydroxyl groups is 1. The van der Waals surface area contributed by atoms with Crippen LogP contribution < -0.4 is 0 Å². The number of nitrogens with one attached hydrogen (secondary N) is 1. The summed E-state index contributed by atoms with van der Waals surface area (Å²) in [4.78, 5) is 33.2. The highest BCUT2D eigenvalue weighted by molar-refractivity contribution is 6.21. The molecule has 0 bridgehead atoms. The molecule has 0 fully saturated rings. The number of fused-ring (bicyclic) bond motifs is 2. The summed E-state index contributed by atoms with van der Waals surface area (Å²) in [6, 6.07) is 16.0. The van der Waals surface area contributed by atoms with Crippen molar-refractivity contribution in [2.45, 2.75) is 12.8 Å². The Morgan fingerprint density at radius 3 is 2.36 bits per heavy atom. The number of nitriles is 1. The highest BCUT2D eigenvalue weighted by atomic mass is 16.3. The van der Waals surface area contributed by atoms with E-state index >= 15 is 0 Å². The topological polar surface area (TPSA) is 110 Å². The third-order valence-corrected chi connectivity index (χ3v) is 4.70. The number of aromatic nitrogens is 2. The molecule has 1 aliphatic rings. The first-order chi connectivity index (χ1) is 13.6. The second kappa shape index (κ2) is 7.00. The number of aromatic amines is 1. The summed E-state index contributed by atoms with van der Waals surface area (Å²) in [5.74, 6) is -0.496. The number of hydrogen-bond donors (Lipinski definition) is 2. The van der Waals surface area contributed by atoms with Gasteiger partial charge in [-0.3, -0.25) is 14.5 Å². The Hall–Kier alpha value is -3.92. The van der Waals surface area contributed by atoms with Crippen LogP contribution in [-0.4, -0.2) is 38.3 Å². The Labute approximate surface area is 160 Å². The van der Waals surface area contributed by atoms with Crippen molar-refractivity contribution in [3.8, 4) is 6.07 Å². The van der Waals surface area contributed by atoms with Crippen LogP contribution in [-0.2, 0) is 0 Å². The number of amides is 2. The fraction of sp³-hybridized carbons (Fsp3) is 0.143. The molecule has 0 atom stereocenters. The molecular formula is C21H16N4O3. The van der Waals surface area contributed by atoms with E-state index in [0.29, 0.717) is 28.9 Å². The number of carbonyl (C=O) groups excluding carboxylic acids is 2. The van der Waals surface area contributed by atoms with Crippen LogP contribution in [0.5, 0.6) is 0 Å². The van der Waals surface area contributed by atoms with Gasteiger partial charge in [-0.1, -0.05) is 24.3 Å². The number of imide groups is 1. The van der Waals surface area contributed by atoms with E-state index in [4.69, 9.17) is 0 Å². The van der Waals surface area contributed by atoms with E-state index in [1.807, 2.05) is 30.3 Å². The van der Waals surface area contributed by atoms with E-state index < -0.39 is 0 Å². The predicted octanol–water partition coefficient (Wildman–Crippen LogP) is 3.43. The Morgan fingerprint density at radius 1 is 1.07 bits per heavy atom. The summed E-state index contributed by atoms with van der Waals surface area (Å²) in [5.41, 5.74) is 2.31. The zero-order chi connectivity index (χ0) is 19.7. The van der Waals surface area contributed by atoms with Crippen LogP contribution in [0.2, 0.25) is 0 Å². The number of benzene rings is 2. The third kappa shape index (κ3) is 2.91. The van der Waals surface area contributed by atoms with Crippen molar-refractivity contribution in [1.82, 2.24) is 14.9 Å². The van der Waals surface area contributed by atoms with Gasteiger partial charge in [0.05, 0.1) is 22.2 Å². The molecule has 28 heavy (non-hydrogen) atoms. The molecule has 1 aliphatic heterocycles. The first kappa shape index (κ1) is 17.5. The van der Waals surface area contributed by atoms with Gasteiger partial charge < -0.3 is 10.1 Å². The van der Waals surface area contributed by atoms with Crippen LogP contribution >= 0.6 is 0 Å². The van der Waals surface area contributed by atoms with Crippen molar-refractivity contribution in [2.75, 3.05) is 6.54 Å². The molecule has 138 valence electrons. The molecule has 4 rings (SSSR count). The van der Waals surface area contributed by atoms with Crippen molar-refractivity contribution in [3.63, 3.8) is 0 Å². The van der Waals surface area contributed by atoms with Crippen LogP contribution in [0.15, 0.2) is 54.3 Å². The number of imidazole rings is 1. The number of para-hydroxylation sites is 2. The Balaban J connectivity index is 1.47. The quantitative estimate of drug-likeness (QED) is 0.405. The summed E-state index contributed by atoms with van der Waals surface area (Å²) >= 11 is 0. The summed E-state index contributed by atoms with van der Waals surface area (Å²) in [6.07, 6.45) is 0.482. The van der Waals surface area contributed by atoms with Crippen molar-refractivity contribution in [2.24, 2.45) is 0 Å². The van der Waals surface area contributed by atoms with E-state index in [1.165, 1.54) is 4.90 Å². The summed E-state index contributed by atoms with van der Waals surface area (Å²) in [5, 5.41) is 19.8. The minimum Gasteiger partial charge on any atom is -0.511 e. The van der Waals surface area contributed by atoms with E-state index in [0.717, 1.165) is 5.52 Å². The van der Waals surface area contributed by atoms with Gasteiger partial charge in [0, 0.05) is 13.0 Å². The molecule has 1 aromatic heterocycles. The number of rotatable bonds is 5. The maximum atomic E-state index is 12.4. The maximum absolute atomic E-state index is 12.4. The molecule has 7 nitrogen and oxygen atoms in total. The van der Waals surface area contributed by atoms with Crippen LogP contribution in [0.1, 0.15) is 39.4 Å². The van der Waals surface area contributed by atoms with Gasteiger partial charge in [-0.15, -0.1) is 0 Å². The van der Waals surface area contributed by atoms with Gasteiger partial charge >= 0.3 is 0 Å². The average molecular weight is 372 g/mol. The lowest BCUT2D eigenvalue weighted by Crippen LogP contribution is -2.30. The van der Waals surface area contributed by atoms with Crippen molar-refractivity contribution in [3.05, 3.63) is 71.2 Å². The predicted molar refractivity (Wildman–Crippen MR) is 102 cm³/mol. The van der Waals surface area contributed by atoms with Gasteiger partial charge in [0.2, 0.25) is 0 Å². The molecule has 0 saturated carbocycles. The van der Waals surface area contributed by atoms with Gasteiger partial charge in [0.15, 0.2) is 5.82 Å². The first-order valence-corrected chi connectivity index (χ1v) is 8.82. The molecule has 3 aromatic rings. The van der Waals surface area contributed by atoms with Crippen LogP contribution in [0, 0.1) is 11.3 Å². The second-order valence-corrected chi connectivity index (χ2v) is 6.45. The lowest BCUT2D eigenvalue weighted by Gasteiger charge is -2.13. The zero-order valence-corrected chi connectivity index (χ0v) is 14.8. The van der Waals surface area contributed by atoms with E-state index in [-0.39, 0.29) is 36.1 Å². The van der Waals surface area contributed by atoms with Gasteiger partial charge in [0.25, 0.3) is 11.8 Å². The number of nitrogens with zero attached hydrogens (tertiary/aromatic N) is 3. The summed E-state index contributed by atoms with van der Waals surface area (Å²) < 4.78 is 0. The van der Waals surface area contributed by atoms with E-state index in [2.05, 4.69) is 9.97 Å². The molecule has 2 heterocycles. The minimum atomic E-state index is -0.332. The standard InChI is InChI=1S/C21H16N4O3/c22-12-15(19-23-16-8-3-4-9-17(16)24-19)18(26)10-5-11-25-20(27)13-6-1-2-7-14(13)21(25)28/h1-4,6-9,26H,5,10-11H2,(H,23,24)/b18-15+. The Bertz CT molecular complexity index is 1100. The van der Waals surface area contributed by atoms with Gasteiger partial charge in [-0.2, -0.15) is 5.26 Å². The molecule has 7 heteroatoms. The molecule has 0 unspecified atom stereocenters. The molecule has 0 radical (unpaired) electrons. The molecule has 0 spiro atoms. The molecule has 0 saturated heterocycles. The Kier molecular flexibility index (Phi) is 4.38. The highest BCUT2D eigenvalue weighted by Gasteiger charge is 2.34. The zero-order valence-electron chi connectivity index (χ0n) is 14.8. The lowest BCUT2D eigenvalue weighted by atomic mass is 10.1. The summed E-state index contributed by atoms with van der Waals surface area (Å²) in [6.45, 7) is 0.162. The van der Waals surface area contributed by atoms with Crippen LogP contribution in [0.25, 0.3) is 16.6 Å². The summed E-state index contributed by atoms with van der Waals surface area (Å²) in [7, 11) is 0. The SMILES string of the molecule is N#C/C(=C(\O)CCCN1C(=O)c2ccccc2C1=O)c1nc2ccccc2[nH]1. The highest BCUT2D eigenvalue weighted by Crippen LogP contribution is 2.24. The largest absolute Gasteiger partial charge is 0.511 e. The number of hydrogen-bond acceptors (Lipinski definition) is 5. The minimum absolute atomic E-state index is 0.0542. The third-order valence-electron chi connectivity index (χ3n) is 4.70. The van der Waals surface area contributed by atoms with Gasteiger partial charge in [0.1, 0.15) is 17.4 Å². The van der Waals surface area contributed by atoms with Crippen molar-refractivity contribution in [1.29, 1.82) is 5.26 Å². The van der Waals surface area contributed by atoms with Crippen molar-refractivity contribution < 1.29 is 14.7 Å². The van der Waals surface area contributed by atoms with Crippen LogP contribution in [0.3, 0.4) is 0 Å². The average Bonchev–Trinajstić information content (AvgIpc) is 3.23. The molecular weight excluding hydrogens is 356 g/mol. The monoisotopic (exact) mass is 372 g/mol. The smallest absolute Gasteiger partial charge is 0.261 e. The molecule has 0 aliphatic carbocycles. The van der Waals surface area contributed by atoms with Gasteiger partial charge in [-0.05, 0) is 30.7 Å². The number of H-pyrrole nitrogens is 1. The molecule has 2 aromatic carbocycles.